The van der Waals surface area contributed by atoms with Gasteiger partial charge in [-0.05, 0) is 31.2 Å². The van der Waals surface area contributed by atoms with Crippen LogP contribution in [0.15, 0.2) is 45.6 Å². The summed E-state index contributed by atoms with van der Waals surface area (Å²) in [6.45, 7) is 2.21. The maximum absolute atomic E-state index is 5.29. The standard InChI is InChI=1S/C12H14O2S2/c1-10(15-8-11-4-2-6-13-11)16-9-12-5-3-7-14-12/h2-7,10H,8-9H2,1H3. The third-order valence-corrected chi connectivity index (χ3v) is 4.74. The van der Waals surface area contributed by atoms with Crippen molar-refractivity contribution < 1.29 is 8.83 Å². The first-order chi connectivity index (χ1) is 7.84. The van der Waals surface area contributed by atoms with Crippen molar-refractivity contribution in [2.45, 2.75) is 23.0 Å². The quantitative estimate of drug-likeness (QED) is 0.714. The van der Waals surface area contributed by atoms with E-state index in [9.17, 15) is 0 Å². The maximum atomic E-state index is 5.29. The van der Waals surface area contributed by atoms with Crippen LogP contribution in [-0.2, 0) is 11.5 Å². The summed E-state index contributed by atoms with van der Waals surface area (Å²) in [6, 6.07) is 7.88. The van der Waals surface area contributed by atoms with Crippen LogP contribution in [-0.4, -0.2) is 4.58 Å². The second-order valence-corrected chi connectivity index (χ2v) is 6.30. The van der Waals surface area contributed by atoms with Crippen molar-refractivity contribution >= 4 is 23.5 Å². The number of hydrogen-bond acceptors (Lipinski definition) is 4. The van der Waals surface area contributed by atoms with E-state index < -0.39 is 0 Å². The Kier molecular flexibility index (Phi) is 4.48. The molecule has 0 saturated carbocycles. The summed E-state index contributed by atoms with van der Waals surface area (Å²) in [6.07, 6.45) is 3.44. The minimum absolute atomic E-state index is 0.537. The van der Waals surface area contributed by atoms with Crippen molar-refractivity contribution in [3.63, 3.8) is 0 Å². The molecule has 0 unspecified atom stereocenters. The molecule has 0 aliphatic carbocycles. The second-order valence-electron chi connectivity index (χ2n) is 3.35. The van der Waals surface area contributed by atoms with Crippen LogP contribution in [0.3, 0.4) is 0 Å². The fourth-order valence-electron chi connectivity index (χ4n) is 1.24. The molecule has 2 aromatic rings. The lowest BCUT2D eigenvalue weighted by Crippen LogP contribution is -1.91. The van der Waals surface area contributed by atoms with Gasteiger partial charge in [-0.1, -0.05) is 0 Å². The lowest BCUT2D eigenvalue weighted by molar-refractivity contribution is 0.530. The molecular formula is C12H14O2S2. The van der Waals surface area contributed by atoms with Crippen molar-refractivity contribution in [2.24, 2.45) is 0 Å². The van der Waals surface area contributed by atoms with E-state index in [-0.39, 0.29) is 0 Å². The van der Waals surface area contributed by atoms with Crippen molar-refractivity contribution in [1.82, 2.24) is 0 Å². The zero-order valence-electron chi connectivity index (χ0n) is 9.09. The van der Waals surface area contributed by atoms with Crippen LogP contribution in [0.1, 0.15) is 18.4 Å². The Morgan fingerprint density at radius 2 is 1.50 bits per heavy atom. The number of rotatable bonds is 6. The molecule has 0 N–H and O–H groups in total. The van der Waals surface area contributed by atoms with E-state index in [0.29, 0.717) is 4.58 Å². The van der Waals surface area contributed by atoms with Crippen LogP contribution in [0, 0.1) is 0 Å². The number of thioether (sulfide) groups is 2. The first-order valence-electron chi connectivity index (χ1n) is 5.12. The molecule has 0 aromatic carbocycles. The van der Waals surface area contributed by atoms with Crippen LogP contribution in [0.25, 0.3) is 0 Å². The van der Waals surface area contributed by atoms with Crippen LogP contribution in [0.5, 0.6) is 0 Å². The molecule has 0 saturated heterocycles. The van der Waals surface area contributed by atoms with E-state index in [1.54, 1.807) is 12.5 Å². The van der Waals surface area contributed by atoms with Crippen molar-refractivity contribution in [3.8, 4) is 0 Å². The zero-order chi connectivity index (χ0) is 11.2. The molecule has 0 atom stereocenters. The Morgan fingerprint density at radius 3 is 1.88 bits per heavy atom. The average molecular weight is 254 g/mol. The van der Waals surface area contributed by atoms with E-state index in [1.165, 1.54) is 0 Å². The highest BCUT2D eigenvalue weighted by Crippen LogP contribution is 2.29. The lowest BCUT2D eigenvalue weighted by Gasteiger charge is -2.08. The fraction of sp³-hybridized carbons (Fsp3) is 0.333. The fourth-order valence-corrected chi connectivity index (χ4v) is 3.16. The van der Waals surface area contributed by atoms with Gasteiger partial charge in [0.2, 0.25) is 0 Å². The molecule has 2 nitrogen and oxygen atoms in total. The van der Waals surface area contributed by atoms with Crippen molar-refractivity contribution in [3.05, 3.63) is 48.3 Å². The Balaban J connectivity index is 1.66. The molecule has 0 aliphatic heterocycles. The molecule has 0 fully saturated rings. The largest absolute Gasteiger partial charge is 0.468 e. The molecule has 16 heavy (non-hydrogen) atoms. The van der Waals surface area contributed by atoms with Gasteiger partial charge in [0, 0.05) is 4.58 Å². The third-order valence-electron chi connectivity index (χ3n) is 2.08. The van der Waals surface area contributed by atoms with E-state index >= 15 is 0 Å². The van der Waals surface area contributed by atoms with Gasteiger partial charge in [0.05, 0.1) is 24.0 Å². The van der Waals surface area contributed by atoms with Crippen molar-refractivity contribution in [1.29, 1.82) is 0 Å². The summed E-state index contributed by atoms with van der Waals surface area (Å²) >= 11 is 3.77. The summed E-state index contributed by atoms with van der Waals surface area (Å²) in [7, 11) is 0. The van der Waals surface area contributed by atoms with Gasteiger partial charge in [0.15, 0.2) is 0 Å². The van der Waals surface area contributed by atoms with Crippen LogP contribution in [0.4, 0.5) is 0 Å². The molecule has 2 rings (SSSR count). The monoisotopic (exact) mass is 254 g/mol. The molecule has 2 heterocycles. The normalized spacial score (nSPS) is 11.1. The summed E-state index contributed by atoms with van der Waals surface area (Å²) in [5.41, 5.74) is 0. The van der Waals surface area contributed by atoms with Gasteiger partial charge in [-0.3, -0.25) is 0 Å². The van der Waals surface area contributed by atoms with Gasteiger partial charge in [0.25, 0.3) is 0 Å². The van der Waals surface area contributed by atoms with Gasteiger partial charge in [0.1, 0.15) is 11.5 Å². The SMILES string of the molecule is CC(SCc1ccco1)SCc1ccco1. The average Bonchev–Trinajstić information content (AvgIpc) is 2.96. The van der Waals surface area contributed by atoms with E-state index in [1.807, 2.05) is 47.8 Å². The number of furan rings is 2. The predicted molar refractivity (Wildman–Crippen MR) is 69.5 cm³/mol. The zero-order valence-corrected chi connectivity index (χ0v) is 10.7. The summed E-state index contributed by atoms with van der Waals surface area (Å²) in [5.74, 6) is 3.93. The smallest absolute Gasteiger partial charge is 0.113 e. The Labute approximate surface area is 104 Å². The van der Waals surface area contributed by atoms with E-state index in [2.05, 4.69) is 6.92 Å². The van der Waals surface area contributed by atoms with Crippen LogP contribution < -0.4 is 0 Å². The summed E-state index contributed by atoms with van der Waals surface area (Å²) in [4.78, 5) is 0. The van der Waals surface area contributed by atoms with Gasteiger partial charge in [-0.25, -0.2) is 0 Å². The third kappa shape index (κ3) is 3.68. The Hall–Kier alpha value is -0.740. The maximum Gasteiger partial charge on any atom is 0.113 e. The second kappa shape index (κ2) is 6.11. The summed E-state index contributed by atoms with van der Waals surface area (Å²) < 4.78 is 11.1. The summed E-state index contributed by atoms with van der Waals surface area (Å²) in [5, 5.41) is 0. The van der Waals surface area contributed by atoms with Gasteiger partial charge in [-0.15, -0.1) is 23.5 Å². The molecule has 0 spiro atoms. The topological polar surface area (TPSA) is 26.3 Å². The molecule has 0 aliphatic rings. The van der Waals surface area contributed by atoms with Crippen molar-refractivity contribution in [2.75, 3.05) is 0 Å². The molecule has 2 aromatic heterocycles. The molecule has 0 radical (unpaired) electrons. The highest BCUT2D eigenvalue weighted by Gasteiger charge is 2.06. The van der Waals surface area contributed by atoms with Gasteiger partial charge in [-0.2, -0.15) is 0 Å². The first kappa shape index (κ1) is 11.7. The molecular weight excluding hydrogens is 240 g/mol. The first-order valence-corrected chi connectivity index (χ1v) is 7.22. The Morgan fingerprint density at radius 1 is 1.00 bits per heavy atom. The highest BCUT2D eigenvalue weighted by atomic mass is 32.2. The minimum Gasteiger partial charge on any atom is -0.468 e. The van der Waals surface area contributed by atoms with E-state index in [0.717, 1.165) is 23.0 Å². The molecule has 0 bridgehead atoms. The number of hydrogen-bond donors (Lipinski definition) is 0. The van der Waals surface area contributed by atoms with Gasteiger partial charge >= 0.3 is 0 Å². The molecule has 4 heteroatoms. The molecule has 0 amide bonds. The predicted octanol–water partition coefficient (Wildman–Crippen LogP) is 4.39. The van der Waals surface area contributed by atoms with Gasteiger partial charge < -0.3 is 8.83 Å². The van der Waals surface area contributed by atoms with E-state index in [4.69, 9.17) is 8.83 Å². The van der Waals surface area contributed by atoms with Crippen LogP contribution in [0.2, 0.25) is 0 Å². The molecule has 86 valence electrons. The highest BCUT2D eigenvalue weighted by molar-refractivity contribution is 8.16. The minimum atomic E-state index is 0.537. The van der Waals surface area contributed by atoms with Crippen LogP contribution >= 0.6 is 23.5 Å². The Bertz CT molecular complexity index is 343. The lowest BCUT2D eigenvalue weighted by atomic mass is 10.5.